The van der Waals surface area contributed by atoms with Gasteiger partial charge in [0.2, 0.25) is 5.13 Å². The van der Waals surface area contributed by atoms with Gasteiger partial charge in [-0.05, 0) is 35.7 Å². The first-order valence-corrected chi connectivity index (χ1v) is 8.89. The van der Waals surface area contributed by atoms with E-state index in [-0.39, 0.29) is 6.54 Å². The highest BCUT2D eigenvalue weighted by atomic mass is 32.1. The van der Waals surface area contributed by atoms with Crippen LogP contribution in [0.2, 0.25) is 0 Å². The number of urea groups is 1. The molecular weight excluding hydrogens is 320 g/mol. The fourth-order valence-electron chi connectivity index (χ4n) is 1.80. The van der Waals surface area contributed by atoms with Gasteiger partial charge in [-0.1, -0.05) is 24.7 Å². The van der Waals surface area contributed by atoms with Gasteiger partial charge >= 0.3 is 6.03 Å². The molecule has 0 aliphatic carbocycles. The summed E-state index contributed by atoms with van der Waals surface area (Å²) in [6.07, 6.45) is 3.04. The number of aryl methyl sites for hydroxylation is 1. The first-order valence-electron chi connectivity index (χ1n) is 7.13. The summed E-state index contributed by atoms with van der Waals surface area (Å²) in [4.78, 5) is 11.9. The maximum atomic E-state index is 11.9. The number of thiophene rings is 1. The quantitative estimate of drug-likeness (QED) is 0.723. The van der Waals surface area contributed by atoms with Crippen LogP contribution in [0.5, 0.6) is 0 Å². The minimum Gasteiger partial charge on any atom is -0.384 e. The molecule has 0 unspecified atom stereocenters. The van der Waals surface area contributed by atoms with E-state index in [2.05, 4.69) is 27.8 Å². The maximum Gasteiger partial charge on any atom is 0.321 e. The Bertz CT molecular complexity index is 596. The van der Waals surface area contributed by atoms with Crippen LogP contribution >= 0.6 is 22.7 Å². The van der Waals surface area contributed by atoms with Crippen molar-refractivity contribution in [3.63, 3.8) is 0 Å². The third kappa shape index (κ3) is 4.75. The molecule has 22 heavy (non-hydrogen) atoms. The van der Waals surface area contributed by atoms with Crippen molar-refractivity contribution < 1.29 is 9.90 Å². The summed E-state index contributed by atoms with van der Waals surface area (Å²) in [7, 11) is 0. The average Bonchev–Trinajstić information content (AvgIpc) is 3.15. The van der Waals surface area contributed by atoms with Gasteiger partial charge in [-0.25, -0.2) is 4.79 Å². The summed E-state index contributed by atoms with van der Waals surface area (Å²) < 4.78 is 0. The van der Waals surface area contributed by atoms with Crippen molar-refractivity contribution in [2.75, 3.05) is 11.9 Å². The first-order chi connectivity index (χ1) is 10.5. The van der Waals surface area contributed by atoms with E-state index in [1.165, 1.54) is 22.7 Å². The van der Waals surface area contributed by atoms with Gasteiger partial charge in [-0.2, -0.15) is 11.3 Å². The number of nitrogens with zero attached hydrogens (tertiary/aromatic N) is 2. The molecule has 6 nitrogen and oxygen atoms in total. The van der Waals surface area contributed by atoms with Crippen molar-refractivity contribution in [2.45, 2.75) is 38.7 Å². The van der Waals surface area contributed by atoms with Crippen molar-refractivity contribution in [3.8, 4) is 0 Å². The zero-order valence-corrected chi connectivity index (χ0v) is 14.3. The number of nitrogens with one attached hydrogen (secondary N) is 2. The van der Waals surface area contributed by atoms with Crippen molar-refractivity contribution >= 4 is 33.8 Å². The number of unbranched alkanes of at least 4 members (excludes halogenated alkanes) is 1. The van der Waals surface area contributed by atoms with E-state index in [4.69, 9.17) is 0 Å². The molecule has 0 bridgehead atoms. The Kier molecular flexibility index (Phi) is 5.87. The van der Waals surface area contributed by atoms with E-state index >= 15 is 0 Å². The van der Waals surface area contributed by atoms with Crippen LogP contribution in [0.4, 0.5) is 9.93 Å². The van der Waals surface area contributed by atoms with Crippen LogP contribution in [0.15, 0.2) is 16.8 Å². The Balaban J connectivity index is 1.81. The molecule has 0 spiro atoms. The first kappa shape index (κ1) is 16.9. The third-order valence-corrected chi connectivity index (χ3v) is 4.75. The average molecular weight is 340 g/mol. The Morgan fingerprint density at radius 1 is 1.45 bits per heavy atom. The van der Waals surface area contributed by atoms with E-state index in [0.717, 1.165) is 29.8 Å². The molecule has 2 aromatic heterocycles. The number of rotatable bonds is 7. The summed E-state index contributed by atoms with van der Waals surface area (Å²) in [5, 5.41) is 28.7. The molecule has 1 atom stereocenters. The molecule has 2 heterocycles. The van der Waals surface area contributed by atoms with E-state index < -0.39 is 11.6 Å². The summed E-state index contributed by atoms with van der Waals surface area (Å²) in [5.74, 6) is 0. The van der Waals surface area contributed by atoms with Gasteiger partial charge in [0.25, 0.3) is 0 Å². The third-order valence-electron chi connectivity index (χ3n) is 3.17. The fourth-order valence-corrected chi connectivity index (χ4v) is 3.36. The smallest absolute Gasteiger partial charge is 0.321 e. The van der Waals surface area contributed by atoms with Crippen LogP contribution < -0.4 is 10.6 Å². The predicted molar refractivity (Wildman–Crippen MR) is 89.4 cm³/mol. The molecule has 120 valence electrons. The maximum absolute atomic E-state index is 11.9. The van der Waals surface area contributed by atoms with Gasteiger partial charge in [0.05, 0.1) is 6.54 Å². The van der Waals surface area contributed by atoms with Crippen molar-refractivity contribution in [1.82, 2.24) is 15.5 Å². The Morgan fingerprint density at radius 2 is 2.27 bits per heavy atom. The lowest BCUT2D eigenvalue weighted by Gasteiger charge is -2.22. The molecule has 0 saturated carbocycles. The fraction of sp³-hybridized carbons (Fsp3) is 0.500. The van der Waals surface area contributed by atoms with E-state index in [1.54, 1.807) is 6.92 Å². The van der Waals surface area contributed by atoms with E-state index in [9.17, 15) is 9.90 Å². The number of carbonyl (C=O) groups is 1. The predicted octanol–water partition coefficient (Wildman–Crippen LogP) is 2.97. The summed E-state index contributed by atoms with van der Waals surface area (Å²) in [6.45, 7) is 3.91. The van der Waals surface area contributed by atoms with Crippen LogP contribution in [0, 0.1) is 0 Å². The zero-order chi connectivity index (χ0) is 16.0. The number of anilines is 1. The van der Waals surface area contributed by atoms with Gasteiger partial charge in [-0.15, -0.1) is 10.2 Å². The number of amides is 2. The minimum atomic E-state index is -1.09. The van der Waals surface area contributed by atoms with Gasteiger partial charge in [0.15, 0.2) is 0 Å². The topological polar surface area (TPSA) is 87.1 Å². The Morgan fingerprint density at radius 3 is 2.95 bits per heavy atom. The molecule has 2 aromatic rings. The molecule has 2 rings (SSSR count). The van der Waals surface area contributed by atoms with Crippen LogP contribution in [0.1, 0.15) is 37.3 Å². The highest BCUT2D eigenvalue weighted by molar-refractivity contribution is 7.15. The number of aromatic nitrogens is 2. The van der Waals surface area contributed by atoms with Crippen molar-refractivity contribution in [2.24, 2.45) is 0 Å². The lowest BCUT2D eigenvalue weighted by atomic mass is 9.99. The number of aliphatic hydroxyl groups is 1. The molecule has 0 aliphatic heterocycles. The van der Waals surface area contributed by atoms with Crippen molar-refractivity contribution in [1.29, 1.82) is 0 Å². The highest BCUT2D eigenvalue weighted by Crippen LogP contribution is 2.22. The lowest BCUT2D eigenvalue weighted by Crippen LogP contribution is -2.40. The van der Waals surface area contributed by atoms with Crippen LogP contribution in [-0.2, 0) is 12.0 Å². The van der Waals surface area contributed by atoms with Gasteiger partial charge in [-0.3, -0.25) is 5.32 Å². The summed E-state index contributed by atoms with van der Waals surface area (Å²) in [5.41, 5.74) is -0.305. The molecule has 0 saturated heterocycles. The highest BCUT2D eigenvalue weighted by Gasteiger charge is 2.24. The molecule has 0 fully saturated rings. The second kappa shape index (κ2) is 7.66. The Labute approximate surface area is 137 Å². The van der Waals surface area contributed by atoms with E-state index in [1.807, 2.05) is 16.8 Å². The molecule has 2 amide bonds. The Hall–Kier alpha value is -1.51. The standard InChI is InChI=1S/C14H20N4O2S2/c1-3-4-5-11-17-18-13(22-11)16-12(19)15-9-14(2,20)10-6-7-21-8-10/h6-8,20H,3-5,9H2,1-2H3,(H2,15,16,18,19)/t14-/m1/s1. The zero-order valence-electron chi connectivity index (χ0n) is 12.6. The minimum absolute atomic E-state index is 0.122. The number of carbonyl (C=O) groups excluding carboxylic acids is 1. The molecule has 0 aromatic carbocycles. The van der Waals surface area contributed by atoms with Gasteiger partial charge < -0.3 is 10.4 Å². The van der Waals surface area contributed by atoms with Crippen molar-refractivity contribution in [3.05, 3.63) is 27.4 Å². The molecule has 0 radical (unpaired) electrons. The molecule has 3 N–H and O–H groups in total. The molecule has 8 heteroatoms. The lowest BCUT2D eigenvalue weighted by molar-refractivity contribution is 0.0604. The monoisotopic (exact) mass is 340 g/mol. The van der Waals surface area contributed by atoms with Crippen LogP contribution in [-0.4, -0.2) is 27.9 Å². The second-order valence-corrected chi connectivity index (χ2v) is 7.04. The van der Waals surface area contributed by atoms with Crippen LogP contribution in [0.25, 0.3) is 0 Å². The number of hydrogen-bond acceptors (Lipinski definition) is 6. The largest absolute Gasteiger partial charge is 0.384 e. The van der Waals surface area contributed by atoms with Gasteiger partial charge in [0.1, 0.15) is 10.6 Å². The summed E-state index contributed by atoms with van der Waals surface area (Å²) in [6, 6.07) is 1.45. The molecule has 0 aliphatic rings. The van der Waals surface area contributed by atoms with Crippen LogP contribution in [0.3, 0.4) is 0 Å². The SMILES string of the molecule is CCCCc1nnc(NC(=O)NC[C@@](C)(O)c2ccsc2)s1. The summed E-state index contributed by atoms with van der Waals surface area (Å²) >= 11 is 2.88. The molecular formula is C14H20N4O2S2. The second-order valence-electron chi connectivity index (χ2n) is 5.20. The number of hydrogen-bond donors (Lipinski definition) is 3. The van der Waals surface area contributed by atoms with E-state index in [0.29, 0.717) is 5.13 Å². The normalized spacial score (nSPS) is 13.6. The van der Waals surface area contributed by atoms with Gasteiger partial charge in [0, 0.05) is 6.42 Å².